The molecule has 103 heavy (non-hydrogen) atoms. The third kappa shape index (κ3) is 11.1. The second-order valence-corrected chi connectivity index (χ2v) is 27.0. The van der Waals surface area contributed by atoms with E-state index in [1.54, 1.807) is 89.1 Å². The number of ether oxygens (including phenoxy) is 12. The summed E-state index contributed by atoms with van der Waals surface area (Å²) in [5.41, 5.74) is 12.9. The van der Waals surface area contributed by atoms with Crippen LogP contribution in [-0.2, 0) is 35.2 Å². The summed E-state index contributed by atoms with van der Waals surface area (Å²) >= 11 is 0. The first-order chi connectivity index (χ1) is 49.9. The van der Waals surface area contributed by atoms with Crippen LogP contribution >= 0.6 is 0 Å². The molecule has 0 radical (unpaired) electrons. The molecule has 4 amide bonds. The van der Waals surface area contributed by atoms with Crippen LogP contribution in [0.5, 0.6) is 57.5 Å². The number of carbonyl (C=O) groups is 4. The monoisotopic (exact) mass is 1400 g/mol. The molecule has 2 fully saturated rings. The number of piperazine rings is 2. The van der Waals surface area contributed by atoms with E-state index < -0.39 is 24.2 Å². The lowest BCUT2D eigenvalue weighted by Crippen LogP contribution is -2.69. The highest BCUT2D eigenvalue weighted by Crippen LogP contribution is 2.61. The van der Waals surface area contributed by atoms with E-state index in [1.807, 2.05) is 27.7 Å². The molecule has 10 aliphatic heterocycles. The van der Waals surface area contributed by atoms with Gasteiger partial charge in [-0.15, -0.1) is 0 Å². The van der Waals surface area contributed by atoms with Gasteiger partial charge in [0.15, 0.2) is 59.6 Å². The zero-order valence-corrected chi connectivity index (χ0v) is 59.2. The zero-order chi connectivity index (χ0) is 72.6. The fourth-order valence-electron chi connectivity index (χ4n) is 17.9. The molecule has 2 N–H and O–H groups in total. The van der Waals surface area contributed by atoms with E-state index in [4.69, 9.17) is 56.8 Å². The zero-order valence-electron chi connectivity index (χ0n) is 59.2. The van der Waals surface area contributed by atoms with Gasteiger partial charge in [0.1, 0.15) is 36.8 Å². The lowest BCUT2D eigenvalue weighted by molar-refractivity contribution is -0.0832. The van der Waals surface area contributed by atoms with Gasteiger partial charge in [-0.3, -0.25) is 49.0 Å². The lowest BCUT2D eigenvalue weighted by Gasteiger charge is -2.60. The average molecular weight is 1400 g/mol. The van der Waals surface area contributed by atoms with Crippen molar-refractivity contribution in [2.24, 2.45) is 0 Å². The molecule has 0 saturated carbocycles. The summed E-state index contributed by atoms with van der Waals surface area (Å²) < 4.78 is 71.9. The van der Waals surface area contributed by atoms with Crippen molar-refractivity contribution in [3.05, 3.63) is 175 Å². The molecule has 0 aromatic heterocycles. The van der Waals surface area contributed by atoms with Gasteiger partial charge in [0.2, 0.25) is 13.6 Å². The number of nitrogens with zero attached hydrogens (tertiary/aromatic N) is 7. The van der Waals surface area contributed by atoms with E-state index in [0.717, 1.165) is 66.8 Å². The number of methoxy groups -OCH3 is 4. The van der Waals surface area contributed by atoms with E-state index in [0.29, 0.717) is 112 Å². The Hall–Kier alpha value is -10.2. The Morgan fingerprint density at radius 3 is 1.35 bits per heavy atom. The number of hydrogen-bond acceptors (Lipinski definition) is 23. The number of imide groups is 2. The lowest BCUT2D eigenvalue weighted by atomic mass is 9.71. The number of fused-ring (bicyclic) bond motifs is 20. The molecule has 4 bridgehead atoms. The first kappa shape index (κ1) is 69.8. The van der Waals surface area contributed by atoms with Crippen LogP contribution in [-0.4, -0.2) is 186 Å². The summed E-state index contributed by atoms with van der Waals surface area (Å²) in [6.07, 6.45) is 5.67. The second-order valence-electron chi connectivity index (χ2n) is 27.0. The SMILES string of the molecule is C=CCOc1c(C)c2c(c3c1C[C@H]1[C@H]4c5c(cc(C)c(OC)c5OCOC)C[C@@H]([C@H](C#N)N1[C@H]3CN1C(=O)c3ccccc3C1=O)N4C)OCO2.C=CCOc1c(C)c2c(c3c1C[C@H]1[C@H]4c5c(cc(C)c(OC)c5OCOC)C[C@@H]([C@H](C#N)N1[C@H]3CO)N4C)OCO2.O=C1NC(=O)c2ccccc21. The Labute approximate surface area is 597 Å². The predicted octanol–water partition coefficient (Wildman–Crippen LogP) is 8.58. The van der Waals surface area contributed by atoms with Gasteiger partial charge in [-0.05, 0) is 114 Å². The minimum Gasteiger partial charge on any atom is -0.493 e. The van der Waals surface area contributed by atoms with E-state index in [-0.39, 0.29) is 107 Å². The molecule has 2 saturated heterocycles. The largest absolute Gasteiger partial charge is 0.493 e. The molecule has 25 heteroatoms. The van der Waals surface area contributed by atoms with Crippen LogP contribution in [0.3, 0.4) is 0 Å². The van der Waals surface area contributed by atoms with Crippen molar-refractivity contribution in [2.45, 2.75) is 114 Å². The summed E-state index contributed by atoms with van der Waals surface area (Å²) in [6.45, 7) is 16.2. The van der Waals surface area contributed by atoms with Crippen LogP contribution < -0.4 is 52.7 Å². The molecule has 0 spiro atoms. The number of amides is 4. The summed E-state index contributed by atoms with van der Waals surface area (Å²) in [4.78, 5) is 60.1. The predicted molar refractivity (Wildman–Crippen MR) is 373 cm³/mol. The molecule has 16 rings (SSSR count). The van der Waals surface area contributed by atoms with E-state index in [2.05, 4.69) is 76.4 Å². The van der Waals surface area contributed by atoms with Crippen LogP contribution in [0.2, 0.25) is 0 Å². The maximum atomic E-state index is 13.9. The smallest absolute Gasteiger partial charge is 0.261 e. The first-order valence-corrected chi connectivity index (χ1v) is 34.3. The number of carbonyl (C=O) groups excluding carboxylic acids is 4. The Morgan fingerprint density at radius 1 is 0.544 bits per heavy atom. The van der Waals surface area contributed by atoms with Gasteiger partial charge in [-0.25, -0.2) is 0 Å². The molecule has 536 valence electrons. The van der Waals surface area contributed by atoms with E-state index >= 15 is 0 Å². The Bertz CT molecular complexity index is 4520. The summed E-state index contributed by atoms with van der Waals surface area (Å²) in [5, 5.41) is 34.9. The highest BCUT2D eigenvalue weighted by Gasteiger charge is 2.60. The average Bonchev–Trinajstić information content (AvgIpc) is 1.37. The van der Waals surface area contributed by atoms with Gasteiger partial charge in [-0.2, -0.15) is 10.5 Å². The molecule has 10 atom stereocenters. The van der Waals surface area contributed by atoms with Gasteiger partial charge in [0, 0.05) is 89.4 Å². The normalized spacial score (nSPS) is 23.9. The van der Waals surface area contributed by atoms with Crippen molar-refractivity contribution in [2.75, 3.05) is 96.1 Å². The van der Waals surface area contributed by atoms with Crippen molar-refractivity contribution < 1.29 is 81.1 Å². The fourth-order valence-corrected chi connectivity index (χ4v) is 17.9. The number of aliphatic hydroxyl groups is 1. The molecule has 6 aromatic carbocycles. The molecule has 6 aromatic rings. The molecule has 10 aliphatic rings. The summed E-state index contributed by atoms with van der Waals surface area (Å²) in [7, 11) is 10.6. The van der Waals surface area contributed by atoms with Gasteiger partial charge in [-0.1, -0.05) is 61.7 Å². The number of rotatable bonds is 17. The number of aliphatic hydroxyl groups excluding tert-OH is 1. The molecule has 0 aliphatic carbocycles. The minimum atomic E-state index is -0.635. The molecular formula is C78H82N8O17. The highest BCUT2D eigenvalue weighted by molar-refractivity contribution is 6.22. The van der Waals surface area contributed by atoms with E-state index in [1.165, 1.54) is 4.90 Å². The maximum Gasteiger partial charge on any atom is 0.261 e. The number of hydrogen-bond donors (Lipinski definition) is 2. The van der Waals surface area contributed by atoms with Crippen LogP contribution in [0, 0.1) is 50.4 Å². The minimum absolute atomic E-state index is 0.00590. The standard InChI is InChI=1S/C39H40N4O8.C31H37N3O7.C8H5NO2/c1-7-12-48-34-21(3)35-37(51-19-50-35)31-25(34)15-27-32-30-22(13-20(2)33(47-6)36(30)49-18-46-5)14-26(41(32)4)28(16-40)43(27)29(31)17-42-38(44)23-10-8-9-11-24(23)39(42)45;1-7-8-38-28-17(3)29-31(41-15-40-29)25-19(28)11-21-26-24-18(9-16(2)27(37-6)30(24)39-14-36-5)10-20(33(26)4)22(12-32)34(21)23(25)13-35;10-7-5-3-1-2-4-6(5)8(11)9-7/h7-11,13,26-29,32H,1,12,14-15,17-19H2,2-6H3;7,9,20-23,26,35H,1,8,10-11,13-15H2,2-6H3;1-4H,(H,9,10,11)/t26-,27-,28-,29-,32-;20-,21-,22-,23-,26-;/m00./s1. The highest BCUT2D eigenvalue weighted by atomic mass is 16.7. The van der Waals surface area contributed by atoms with Crippen LogP contribution in [0.15, 0.2) is 86.0 Å². The molecular weight excluding hydrogens is 1320 g/mol. The number of aryl methyl sites for hydroxylation is 2. The number of nitriles is 2. The topological polar surface area (TPSA) is 275 Å². The number of benzene rings is 6. The van der Waals surface area contributed by atoms with Crippen LogP contribution in [0.1, 0.15) is 132 Å². The Morgan fingerprint density at radius 2 is 0.951 bits per heavy atom. The summed E-state index contributed by atoms with van der Waals surface area (Å²) in [6, 6.07) is 19.7. The van der Waals surface area contributed by atoms with Crippen LogP contribution in [0.25, 0.3) is 0 Å². The quantitative estimate of drug-likeness (QED) is 0.0491. The third-order valence-electron chi connectivity index (χ3n) is 21.9. The molecule has 0 unspecified atom stereocenters. The van der Waals surface area contributed by atoms with E-state index in [9.17, 15) is 34.8 Å². The van der Waals surface area contributed by atoms with Gasteiger partial charge in [0.25, 0.3) is 23.6 Å². The van der Waals surface area contributed by atoms with Gasteiger partial charge in [0.05, 0.1) is 79.4 Å². The maximum absolute atomic E-state index is 13.9. The Balaban J connectivity index is 0.000000154. The third-order valence-corrected chi connectivity index (χ3v) is 21.9. The van der Waals surface area contributed by atoms with Crippen molar-refractivity contribution in [1.82, 2.24) is 29.8 Å². The second kappa shape index (κ2) is 28.2. The van der Waals surface area contributed by atoms with Crippen molar-refractivity contribution in [3.8, 4) is 69.6 Å². The van der Waals surface area contributed by atoms with Crippen LogP contribution in [0.4, 0.5) is 0 Å². The van der Waals surface area contributed by atoms with Crippen molar-refractivity contribution in [3.63, 3.8) is 0 Å². The number of nitrogens with one attached hydrogen (secondary N) is 1. The summed E-state index contributed by atoms with van der Waals surface area (Å²) in [5.74, 6) is 4.95. The Kier molecular flexibility index (Phi) is 19.1. The first-order valence-electron chi connectivity index (χ1n) is 34.3. The van der Waals surface area contributed by atoms with Gasteiger partial charge < -0.3 is 61.9 Å². The number of likely N-dealkylation sites (N-methyl/N-ethyl adjacent to an activating group) is 2. The van der Waals surface area contributed by atoms with Crippen molar-refractivity contribution in [1.29, 1.82) is 10.5 Å². The molecule has 10 heterocycles. The fraction of sp³-hybridized carbons (Fsp3) is 0.410. The van der Waals surface area contributed by atoms with Gasteiger partial charge >= 0.3 is 0 Å². The van der Waals surface area contributed by atoms with Crippen molar-refractivity contribution >= 4 is 23.6 Å². The molecule has 25 nitrogen and oxygen atoms in total.